The second-order valence-electron chi connectivity index (χ2n) is 7.60. The highest BCUT2D eigenvalue weighted by Gasteiger charge is 2.32. The van der Waals surface area contributed by atoms with Gasteiger partial charge >= 0.3 is 0 Å². The first-order valence-corrected chi connectivity index (χ1v) is 11.3. The molecule has 0 radical (unpaired) electrons. The van der Waals surface area contributed by atoms with Crippen molar-refractivity contribution >= 4 is 17.9 Å². The minimum Gasteiger partial charge on any atom is -0.494 e. The molecular weight excluding hydrogens is 420 g/mol. The Morgan fingerprint density at radius 3 is 2.45 bits per heavy atom. The van der Waals surface area contributed by atoms with Crippen molar-refractivity contribution in [3.8, 4) is 5.75 Å². The van der Waals surface area contributed by atoms with Gasteiger partial charge in [-0.2, -0.15) is 0 Å². The Morgan fingerprint density at radius 2 is 1.87 bits per heavy atom. The van der Waals surface area contributed by atoms with Gasteiger partial charge in [0.05, 0.1) is 44.9 Å². The van der Waals surface area contributed by atoms with Crippen LogP contribution in [0.3, 0.4) is 0 Å². The van der Waals surface area contributed by atoms with Crippen LogP contribution < -0.4 is 9.46 Å². The lowest BCUT2D eigenvalue weighted by Crippen LogP contribution is -2.24. The maximum Gasteiger partial charge on any atom is 0.235 e. The predicted octanol–water partition coefficient (Wildman–Crippen LogP) is 2.84. The molecule has 31 heavy (non-hydrogen) atoms. The van der Waals surface area contributed by atoms with Crippen molar-refractivity contribution in [2.75, 3.05) is 39.3 Å². The van der Waals surface area contributed by atoms with Crippen molar-refractivity contribution in [2.24, 2.45) is 0 Å². The van der Waals surface area contributed by atoms with E-state index < -0.39 is 0 Å². The molecule has 1 aliphatic rings. The number of hydrogen-bond acceptors (Lipinski definition) is 10. The summed E-state index contributed by atoms with van der Waals surface area (Å²) >= 11 is 1.55. The first kappa shape index (κ1) is 23.7. The molecule has 0 bridgehead atoms. The molecular formula is C20H32N6O4S. The standard InChI is InChI=1S/C20H32N6O4S/c1-13-6-7-17(30-13)19-23-24-20(26(19)15(11-27-3)12-28-4)25-31-14(2)8-18-21-9-16(29-5)10-22-18/h9-10,13-15,17H,6-8,11-12H2,1-5H3,(H,24,25). The van der Waals surface area contributed by atoms with E-state index in [1.807, 2.05) is 0 Å². The number of hydrogen-bond donors (Lipinski definition) is 1. The number of methoxy groups -OCH3 is 3. The molecule has 0 spiro atoms. The van der Waals surface area contributed by atoms with E-state index in [9.17, 15) is 0 Å². The molecule has 3 heterocycles. The zero-order valence-corrected chi connectivity index (χ0v) is 19.6. The smallest absolute Gasteiger partial charge is 0.235 e. The lowest BCUT2D eigenvalue weighted by molar-refractivity contribution is 0.0406. The first-order valence-electron chi connectivity index (χ1n) is 10.4. The van der Waals surface area contributed by atoms with Gasteiger partial charge in [0.2, 0.25) is 5.95 Å². The molecule has 172 valence electrons. The van der Waals surface area contributed by atoms with E-state index in [0.717, 1.165) is 24.5 Å². The Hall–Kier alpha value is -1.95. The summed E-state index contributed by atoms with van der Waals surface area (Å²) in [5.74, 6) is 2.87. The van der Waals surface area contributed by atoms with Gasteiger partial charge < -0.3 is 18.9 Å². The fourth-order valence-corrected chi connectivity index (χ4v) is 4.21. The first-order chi connectivity index (χ1) is 15.0. The van der Waals surface area contributed by atoms with Gasteiger partial charge in [0.1, 0.15) is 11.9 Å². The van der Waals surface area contributed by atoms with Crippen molar-refractivity contribution in [3.05, 3.63) is 24.0 Å². The Labute approximate surface area is 187 Å². The molecule has 1 aliphatic heterocycles. The third kappa shape index (κ3) is 6.28. The molecule has 2 aromatic rings. The number of rotatable bonds is 12. The van der Waals surface area contributed by atoms with E-state index in [1.165, 1.54) is 0 Å². The van der Waals surface area contributed by atoms with E-state index in [2.05, 4.69) is 43.3 Å². The molecule has 0 amide bonds. The summed E-state index contributed by atoms with van der Waals surface area (Å²) in [6.45, 7) is 5.16. The number of ether oxygens (including phenoxy) is 4. The van der Waals surface area contributed by atoms with Crippen LogP contribution in [0.25, 0.3) is 0 Å². The summed E-state index contributed by atoms with van der Waals surface area (Å²) in [7, 11) is 4.96. The zero-order chi connectivity index (χ0) is 22.2. The Morgan fingerprint density at radius 1 is 1.16 bits per heavy atom. The van der Waals surface area contributed by atoms with E-state index in [-0.39, 0.29) is 23.5 Å². The Bertz CT molecular complexity index is 799. The topological polar surface area (TPSA) is 105 Å². The fraction of sp³-hybridized carbons (Fsp3) is 0.700. The highest BCUT2D eigenvalue weighted by atomic mass is 32.2. The van der Waals surface area contributed by atoms with Crippen molar-refractivity contribution in [3.63, 3.8) is 0 Å². The van der Waals surface area contributed by atoms with Crippen LogP contribution in [-0.4, -0.2) is 70.6 Å². The van der Waals surface area contributed by atoms with Crippen LogP contribution in [0.5, 0.6) is 5.75 Å². The van der Waals surface area contributed by atoms with Crippen LogP contribution in [0.15, 0.2) is 12.4 Å². The highest BCUT2D eigenvalue weighted by Crippen LogP contribution is 2.34. The van der Waals surface area contributed by atoms with Crippen LogP contribution in [0.2, 0.25) is 0 Å². The average Bonchev–Trinajstić information content (AvgIpc) is 3.38. The molecule has 0 saturated carbocycles. The van der Waals surface area contributed by atoms with Crippen LogP contribution in [0.1, 0.15) is 50.5 Å². The predicted molar refractivity (Wildman–Crippen MR) is 118 cm³/mol. The van der Waals surface area contributed by atoms with Gasteiger partial charge in [-0.3, -0.25) is 9.29 Å². The van der Waals surface area contributed by atoms with Gasteiger partial charge in [0.25, 0.3) is 0 Å². The second-order valence-corrected chi connectivity index (χ2v) is 8.85. The maximum absolute atomic E-state index is 6.06. The lowest BCUT2D eigenvalue weighted by Gasteiger charge is -2.23. The van der Waals surface area contributed by atoms with Gasteiger partial charge in [-0.1, -0.05) is 6.92 Å². The molecule has 1 saturated heterocycles. The molecule has 1 N–H and O–H groups in total. The van der Waals surface area contributed by atoms with E-state index in [1.54, 1.807) is 45.7 Å². The van der Waals surface area contributed by atoms with Gasteiger partial charge in [-0.15, -0.1) is 10.2 Å². The minimum absolute atomic E-state index is 0.0668. The third-order valence-corrected chi connectivity index (χ3v) is 5.93. The molecule has 0 aliphatic carbocycles. The summed E-state index contributed by atoms with van der Waals surface area (Å²) in [5.41, 5.74) is 0. The van der Waals surface area contributed by atoms with Crippen LogP contribution in [0, 0.1) is 0 Å². The summed E-state index contributed by atoms with van der Waals surface area (Å²) in [5, 5.41) is 9.08. The summed E-state index contributed by atoms with van der Waals surface area (Å²) in [6.07, 6.45) is 6.12. The van der Waals surface area contributed by atoms with Crippen molar-refractivity contribution in [1.82, 2.24) is 24.7 Å². The summed E-state index contributed by atoms with van der Waals surface area (Å²) < 4.78 is 27.5. The number of anilines is 1. The van der Waals surface area contributed by atoms with E-state index in [0.29, 0.717) is 31.3 Å². The SMILES string of the molecule is COCC(COC)n1c(NSC(C)Cc2ncc(OC)cn2)nnc1C1CCC(C)O1. The lowest BCUT2D eigenvalue weighted by atomic mass is 10.2. The average molecular weight is 453 g/mol. The summed E-state index contributed by atoms with van der Waals surface area (Å²) in [6, 6.07) is -0.0668. The quantitative estimate of drug-likeness (QED) is 0.483. The van der Waals surface area contributed by atoms with Gasteiger partial charge in [0, 0.05) is 25.9 Å². The molecule has 2 aromatic heterocycles. The maximum atomic E-state index is 6.06. The van der Waals surface area contributed by atoms with E-state index >= 15 is 0 Å². The third-order valence-electron chi connectivity index (χ3n) is 5.06. The molecule has 1 fully saturated rings. The Balaban J connectivity index is 1.72. The second kappa shape index (κ2) is 11.6. The normalized spacial score (nSPS) is 19.7. The van der Waals surface area contributed by atoms with Crippen molar-refractivity contribution < 1.29 is 18.9 Å². The van der Waals surface area contributed by atoms with Gasteiger partial charge in [0.15, 0.2) is 11.6 Å². The van der Waals surface area contributed by atoms with Crippen molar-refractivity contribution in [2.45, 2.75) is 56.6 Å². The minimum atomic E-state index is -0.0793. The molecule has 3 unspecified atom stereocenters. The van der Waals surface area contributed by atoms with Crippen LogP contribution in [-0.2, 0) is 20.6 Å². The summed E-state index contributed by atoms with van der Waals surface area (Å²) in [4.78, 5) is 8.68. The molecule has 0 aromatic carbocycles. The highest BCUT2D eigenvalue weighted by molar-refractivity contribution is 8.01. The van der Waals surface area contributed by atoms with Gasteiger partial charge in [-0.05, 0) is 31.7 Å². The Kier molecular flexibility index (Phi) is 8.88. The molecule has 3 atom stereocenters. The molecule has 10 nitrogen and oxygen atoms in total. The molecule has 11 heteroatoms. The number of nitrogens with one attached hydrogen (secondary N) is 1. The largest absolute Gasteiger partial charge is 0.494 e. The van der Waals surface area contributed by atoms with Crippen LogP contribution in [0.4, 0.5) is 5.95 Å². The fourth-order valence-electron chi connectivity index (χ4n) is 3.53. The van der Waals surface area contributed by atoms with E-state index in [4.69, 9.17) is 18.9 Å². The van der Waals surface area contributed by atoms with Gasteiger partial charge in [-0.25, -0.2) is 9.97 Å². The monoisotopic (exact) mass is 452 g/mol. The number of nitrogens with zero attached hydrogens (tertiary/aromatic N) is 5. The van der Waals surface area contributed by atoms with Crippen LogP contribution >= 0.6 is 11.9 Å². The zero-order valence-electron chi connectivity index (χ0n) is 18.8. The number of aromatic nitrogens is 5. The molecule has 3 rings (SSSR count). The van der Waals surface area contributed by atoms with Crippen molar-refractivity contribution in [1.29, 1.82) is 0 Å².